The first-order valence-corrected chi connectivity index (χ1v) is 5.66. The van der Waals surface area contributed by atoms with Crippen molar-refractivity contribution in [2.24, 2.45) is 0 Å². The van der Waals surface area contributed by atoms with Gasteiger partial charge in [-0.05, 0) is 37.5 Å². The van der Waals surface area contributed by atoms with E-state index in [1.54, 1.807) is 0 Å². The van der Waals surface area contributed by atoms with Gasteiger partial charge in [0.15, 0.2) is 0 Å². The van der Waals surface area contributed by atoms with Gasteiger partial charge in [0.1, 0.15) is 0 Å². The van der Waals surface area contributed by atoms with Crippen LogP contribution in [0.25, 0.3) is 0 Å². The van der Waals surface area contributed by atoms with Gasteiger partial charge < -0.3 is 10.4 Å². The van der Waals surface area contributed by atoms with Crippen molar-refractivity contribution < 1.29 is 5.11 Å². The zero-order chi connectivity index (χ0) is 10.9. The molecule has 1 unspecified atom stereocenters. The number of aliphatic hydroxyl groups excluding tert-OH is 1. The number of hydrogen-bond acceptors (Lipinski definition) is 2. The lowest BCUT2D eigenvalue weighted by atomic mass is 9.93. The van der Waals surface area contributed by atoms with E-state index in [0.717, 1.165) is 10.6 Å². The molecule has 1 saturated carbocycles. The van der Waals surface area contributed by atoms with Crippen molar-refractivity contribution in [2.45, 2.75) is 31.3 Å². The molecule has 3 heteroatoms. The summed E-state index contributed by atoms with van der Waals surface area (Å²) in [5.74, 6) is 0. The van der Waals surface area contributed by atoms with Crippen molar-refractivity contribution in [3.05, 3.63) is 34.9 Å². The van der Waals surface area contributed by atoms with E-state index in [9.17, 15) is 5.11 Å². The standard InChI is InChI=1S/C12H16ClNO/c1-12(8-15,14-11-6-7-11)9-2-4-10(13)5-3-9/h2-5,11,14-15H,6-8H2,1H3. The maximum Gasteiger partial charge on any atom is 0.0652 e. The predicted octanol–water partition coefficient (Wildman–Crippen LogP) is 2.30. The van der Waals surface area contributed by atoms with Crippen LogP contribution in [-0.2, 0) is 5.54 Å². The molecule has 1 aromatic carbocycles. The quantitative estimate of drug-likeness (QED) is 0.824. The molecule has 1 aromatic rings. The van der Waals surface area contributed by atoms with Crippen molar-refractivity contribution in [3.8, 4) is 0 Å². The number of aliphatic hydroxyl groups is 1. The Morgan fingerprint density at radius 1 is 1.40 bits per heavy atom. The van der Waals surface area contributed by atoms with Gasteiger partial charge in [0.25, 0.3) is 0 Å². The van der Waals surface area contributed by atoms with E-state index in [0.29, 0.717) is 6.04 Å². The third-order valence-electron chi connectivity index (χ3n) is 2.90. The molecule has 0 bridgehead atoms. The van der Waals surface area contributed by atoms with E-state index < -0.39 is 0 Å². The summed E-state index contributed by atoms with van der Waals surface area (Å²) >= 11 is 5.84. The summed E-state index contributed by atoms with van der Waals surface area (Å²) in [5, 5.41) is 13.7. The fourth-order valence-electron chi connectivity index (χ4n) is 1.72. The Bertz CT molecular complexity index is 334. The molecule has 0 spiro atoms. The second-order valence-corrected chi connectivity index (χ2v) is 4.85. The van der Waals surface area contributed by atoms with Crippen LogP contribution >= 0.6 is 11.6 Å². The van der Waals surface area contributed by atoms with Crippen LogP contribution in [0.1, 0.15) is 25.3 Å². The number of benzene rings is 1. The molecular formula is C12H16ClNO. The lowest BCUT2D eigenvalue weighted by molar-refractivity contribution is 0.173. The maximum absolute atomic E-state index is 9.49. The second kappa shape index (κ2) is 4.12. The molecule has 1 aliphatic carbocycles. The summed E-state index contributed by atoms with van der Waals surface area (Å²) in [6.45, 7) is 2.12. The monoisotopic (exact) mass is 225 g/mol. The van der Waals surface area contributed by atoms with Crippen LogP contribution in [0, 0.1) is 0 Å². The Hall–Kier alpha value is -0.570. The van der Waals surface area contributed by atoms with Gasteiger partial charge in [0.05, 0.1) is 12.1 Å². The zero-order valence-corrected chi connectivity index (χ0v) is 9.59. The second-order valence-electron chi connectivity index (χ2n) is 4.42. The highest BCUT2D eigenvalue weighted by Crippen LogP contribution is 2.28. The fraction of sp³-hybridized carbons (Fsp3) is 0.500. The highest BCUT2D eigenvalue weighted by molar-refractivity contribution is 6.30. The van der Waals surface area contributed by atoms with E-state index in [4.69, 9.17) is 11.6 Å². The van der Waals surface area contributed by atoms with Gasteiger partial charge in [-0.3, -0.25) is 0 Å². The van der Waals surface area contributed by atoms with Crippen LogP contribution < -0.4 is 5.32 Å². The Kier molecular flexibility index (Phi) is 3.01. The Labute approximate surface area is 95.3 Å². The third kappa shape index (κ3) is 2.51. The molecule has 0 radical (unpaired) electrons. The van der Waals surface area contributed by atoms with E-state index in [2.05, 4.69) is 5.32 Å². The molecule has 1 fully saturated rings. The summed E-state index contributed by atoms with van der Waals surface area (Å²) in [6, 6.07) is 8.22. The van der Waals surface area contributed by atoms with Gasteiger partial charge in [0, 0.05) is 11.1 Å². The van der Waals surface area contributed by atoms with Crippen molar-refractivity contribution in [1.29, 1.82) is 0 Å². The number of hydrogen-bond donors (Lipinski definition) is 2. The molecule has 2 rings (SSSR count). The first-order valence-electron chi connectivity index (χ1n) is 5.29. The summed E-state index contributed by atoms with van der Waals surface area (Å²) < 4.78 is 0. The van der Waals surface area contributed by atoms with Gasteiger partial charge in [0.2, 0.25) is 0 Å². The average molecular weight is 226 g/mol. The van der Waals surface area contributed by atoms with Crippen molar-refractivity contribution in [2.75, 3.05) is 6.61 Å². The molecule has 2 N–H and O–H groups in total. The van der Waals surface area contributed by atoms with Crippen molar-refractivity contribution >= 4 is 11.6 Å². The van der Waals surface area contributed by atoms with Gasteiger partial charge in [-0.25, -0.2) is 0 Å². The summed E-state index contributed by atoms with van der Waals surface area (Å²) in [6.07, 6.45) is 2.42. The topological polar surface area (TPSA) is 32.3 Å². The minimum atomic E-state index is -0.342. The molecule has 1 atom stereocenters. The molecular weight excluding hydrogens is 210 g/mol. The lowest BCUT2D eigenvalue weighted by Crippen LogP contribution is -2.44. The lowest BCUT2D eigenvalue weighted by Gasteiger charge is -2.29. The molecule has 15 heavy (non-hydrogen) atoms. The van der Waals surface area contributed by atoms with Crippen LogP contribution in [0.5, 0.6) is 0 Å². The third-order valence-corrected chi connectivity index (χ3v) is 3.15. The first-order chi connectivity index (χ1) is 7.14. The normalized spacial score (nSPS) is 19.9. The number of nitrogens with one attached hydrogen (secondary N) is 1. The van der Waals surface area contributed by atoms with Crippen LogP contribution in [0.15, 0.2) is 24.3 Å². The Morgan fingerprint density at radius 2 is 2.00 bits per heavy atom. The van der Waals surface area contributed by atoms with E-state index in [1.165, 1.54) is 12.8 Å². The van der Waals surface area contributed by atoms with Gasteiger partial charge in [-0.15, -0.1) is 0 Å². The van der Waals surface area contributed by atoms with E-state index in [1.807, 2.05) is 31.2 Å². The van der Waals surface area contributed by atoms with Crippen molar-refractivity contribution in [1.82, 2.24) is 5.32 Å². The minimum absolute atomic E-state index is 0.102. The largest absolute Gasteiger partial charge is 0.394 e. The van der Waals surface area contributed by atoms with Crippen LogP contribution in [0.4, 0.5) is 0 Å². The highest BCUT2D eigenvalue weighted by atomic mass is 35.5. The van der Waals surface area contributed by atoms with Crippen molar-refractivity contribution in [3.63, 3.8) is 0 Å². The summed E-state index contributed by atoms with van der Waals surface area (Å²) in [5.41, 5.74) is 0.743. The maximum atomic E-state index is 9.49. The predicted molar refractivity (Wildman–Crippen MR) is 62.0 cm³/mol. The molecule has 0 aliphatic heterocycles. The zero-order valence-electron chi connectivity index (χ0n) is 8.83. The van der Waals surface area contributed by atoms with Crippen LogP contribution in [-0.4, -0.2) is 17.8 Å². The molecule has 1 aliphatic rings. The minimum Gasteiger partial charge on any atom is -0.394 e. The molecule has 82 valence electrons. The summed E-state index contributed by atoms with van der Waals surface area (Å²) in [4.78, 5) is 0. The first kappa shape index (κ1) is 10.9. The molecule has 0 heterocycles. The van der Waals surface area contributed by atoms with Gasteiger partial charge in [-0.1, -0.05) is 23.7 Å². The molecule has 0 amide bonds. The Morgan fingerprint density at radius 3 is 2.47 bits per heavy atom. The van der Waals surface area contributed by atoms with Crippen LogP contribution in [0.2, 0.25) is 5.02 Å². The van der Waals surface area contributed by atoms with Gasteiger partial charge in [-0.2, -0.15) is 0 Å². The Balaban J connectivity index is 2.19. The molecule has 0 saturated heterocycles. The molecule has 0 aromatic heterocycles. The number of rotatable bonds is 4. The average Bonchev–Trinajstić information content (AvgIpc) is 3.02. The smallest absolute Gasteiger partial charge is 0.0652 e. The van der Waals surface area contributed by atoms with E-state index >= 15 is 0 Å². The highest BCUT2D eigenvalue weighted by Gasteiger charge is 2.33. The fourth-order valence-corrected chi connectivity index (χ4v) is 1.84. The number of halogens is 1. The van der Waals surface area contributed by atoms with Crippen LogP contribution in [0.3, 0.4) is 0 Å². The van der Waals surface area contributed by atoms with E-state index in [-0.39, 0.29) is 12.1 Å². The summed E-state index contributed by atoms with van der Waals surface area (Å²) in [7, 11) is 0. The SMILES string of the molecule is CC(CO)(NC1CC1)c1ccc(Cl)cc1. The van der Waals surface area contributed by atoms with Gasteiger partial charge >= 0.3 is 0 Å². The molecule has 2 nitrogen and oxygen atoms in total.